The number of hydrogen-bond donors (Lipinski definition) is 2. The zero-order chi connectivity index (χ0) is 20.7. The first-order valence-electron chi connectivity index (χ1n) is 10.2. The van der Waals surface area contributed by atoms with Gasteiger partial charge < -0.3 is 20.1 Å². The molecule has 0 atom stereocenters. The van der Waals surface area contributed by atoms with Gasteiger partial charge in [-0.2, -0.15) is 0 Å². The summed E-state index contributed by atoms with van der Waals surface area (Å²) < 4.78 is 10.4. The topological polar surface area (TPSA) is 97.0 Å². The van der Waals surface area contributed by atoms with E-state index in [1.807, 2.05) is 24.3 Å². The molecule has 3 rings (SSSR count). The van der Waals surface area contributed by atoms with Gasteiger partial charge in [-0.25, -0.2) is 4.79 Å². The number of imide groups is 1. The van der Waals surface area contributed by atoms with Crippen molar-refractivity contribution >= 4 is 17.8 Å². The summed E-state index contributed by atoms with van der Waals surface area (Å²) in [5, 5.41) is 5.72. The molecule has 1 heterocycles. The minimum absolute atomic E-state index is 0.104. The number of nitrogens with one attached hydrogen (secondary N) is 2. The standard InChI is InChI=1S/C21H29N3O5/c1-28-13-14-29-17-8-6-16(7-9-17)15-22-18(25)5-4-12-24-19(26)21(23-20(24)27)10-2-3-11-21/h6-9H,2-5,10-15H2,1H3,(H,22,25)(H,23,27). The number of amides is 4. The second kappa shape index (κ2) is 9.73. The van der Waals surface area contributed by atoms with Gasteiger partial charge in [-0.3, -0.25) is 14.5 Å². The van der Waals surface area contributed by atoms with Crippen molar-refractivity contribution in [1.29, 1.82) is 0 Å². The number of methoxy groups -OCH3 is 1. The van der Waals surface area contributed by atoms with Crippen LogP contribution in [0, 0.1) is 0 Å². The third-order valence-electron chi connectivity index (χ3n) is 5.46. The number of rotatable bonds is 10. The summed E-state index contributed by atoms with van der Waals surface area (Å²) in [6.45, 7) is 1.71. The molecule has 158 valence electrons. The Labute approximate surface area is 170 Å². The number of benzene rings is 1. The molecule has 1 aromatic rings. The van der Waals surface area contributed by atoms with Crippen molar-refractivity contribution in [2.24, 2.45) is 0 Å². The van der Waals surface area contributed by atoms with Crippen LogP contribution in [0.25, 0.3) is 0 Å². The fourth-order valence-electron chi connectivity index (χ4n) is 3.83. The zero-order valence-electron chi connectivity index (χ0n) is 16.9. The summed E-state index contributed by atoms with van der Waals surface area (Å²) in [4.78, 5) is 38.0. The van der Waals surface area contributed by atoms with E-state index in [2.05, 4.69) is 10.6 Å². The van der Waals surface area contributed by atoms with Crippen molar-refractivity contribution in [2.45, 2.75) is 50.6 Å². The maximum absolute atomic E-state index is 12.6. The monoisotopic (exact) mass is 403 g/mol. The Kier molecular flexibility index (Phi) is 7.09. The summed E-state index contributed by atoms with van der Waals surface area (Å²) >= 11 is 0. The fraction of sp³-hybridized carbons (Fsp3) is 0.571. The Morgan fingerprint density at radius 2 is 1.90 bits per heavy atom. The molecule has 1 saturated heterocycles. The van der Waals surface area contributed by atoms with Gasteiger partial charge in [0.05, 0.1) is 6.61 Å². The lowest BCUT2D eigenvalue weighted by Gasteiger charge is -2.19. The number of carbonyl (C=O) groups excluding carboxylic acids is 3. The summed E-state index contributed by atoms with van der Waals surface area (Å²) in [7, 11) is 1.62. The number of urea groups is 1. The normalized spacial score (nSPS) is 17.6. The van der Waals surface area contributed by atoms with Crippen molar-refractivity contribution < 1.29 is 23.9 Å². The van der Waals surface area contributed by atoms with Gasteiger partial charge in [0.2, 0.25) is 5.91 Å². The van der Waals surface area contributed by atoms with Crippen LogP contribution in [0.2, 0.25) is 0 Å². The molecule has 0 unspecified atom stereocenters. The van der Waals surface area contributed by atoms with Crippen LogP contribution in [0.4, 0.5) is 4.79 Å². The van der Waals surface area contributed by atoms with Crippen LogP contribution in [0.15, 0.2) is 24.3 Å². The molecule has 2 fully saturated rings. The molecule has 1 saturated carbocycles. The van der Waals surface area contributed by atoms with Crippen molar-refractivity contribution in [3.63, 3.8) is 0 Å². The van der Waals surface area contributed by atoms with Crippen LogP contribution in [0.3, 0.4) is 0 Å². The van der Waals surface area contributed by atoms with Crippen molar-refractivity contribution in [1.82, 2.24) is 15.5 Å². The number of ether oxygens (including phenoxy) is 2. The average Bonchev–Trinajstić information content (AvgIpc) is 3.28. The van der Waals surface area contributed by atoms with Crippen molar-refractivity contribution in [3.05, 3.63) is 29.8 Å². The zero-order valence-corrected chi connectivity index (χ0v) is 16.9. The summed E-state index contributed by atoms with van der Waals surface area (Å²) in [6.07, 6.45) is 4.07. The van der Waals surface area contributed by atoms with Gasteiger partial charge in [-0.15, -0.1) is 0 Å². The molecule has 2 N–H and O–H groups in total. The lowest BCUT2D eigenvalue weighted by atomic mass is 9.98. The Bertz CT molecular complexity index is 728. The highest BCUT2D eigenvalue weighted by Crippen LogP contribution is 2.35. The summed E-state index contributed by atoms with van der Waals surface area (Å²) in [5.74, 6) is 0.520. The molecular weight excluding hydrogens is 374 g/mol. The van der Waals surface area contributed by atoms with Crippen LogP contribution in [0.1, 0.15) is 44.1 Å². The predicted molar refractivity (Wildman–Crippen MR) is 106 cm³/mol. The summed E-state index contributed by atoms with van der Waals surface area (Å²) in [6, 6.07) is 7.18. The van der Waals surface area contributed by atoms with Gasteiger partial charge in [0.25, 0.3) is 5.91 Å². The first kappa shape index (κ1) is 21.1. The van der Waals surface area contributed by atoms with Crippen LogP contribution in [0.5, 0.6) is 5.75 Å². The van der Waals surface area contributed by atoms with Crippen LogP contribution < -0.4 is 15.4 Å². The fourth-order valence-corrected chi connectivity index (χ4v) is 3.83. The quantitative estimate of drug-likeness (QED) is 0.460. The lowest BCUT2D eigenvalue weighted by Crippen LogP contribution is -2.44. The van der Waals surface area contributed by atoms with E-state index in [-0.39, 0.29) is 30.8 Å². The van der Waals surface area contributed by atoms with E-state index in [9.17, 15) is 14.4 Å². The number of hydrogen-bond acceptors (Lipinski definition) is 5. The molecule has 0 bridgehead atoms. The van der Waals surface area contributed by atoms with Crippen LogP contribution in [-0.2, 0) is 20.9 Å². The molecule has 0 radical (unpaired) electrons. The summed E-state index contributed by atoms with van der Waals surface area (Å²) in [5.41, 5.74) is 0.286. The third-order valence-corrected chi connectivity index (χ3v) is 5.46. The molecule has 8 heteroatoms. The number of carbonyl (C=O) groups is 3. The third kappa shape index (κ3) is 5.26. The van der Waals surface area contributed by atoms with Gasteiger partial charge in [0.15, 0.2) is 0 Å². The molecule has 0 aromatic heterocycles. The van der Waals surface area contributed by atoms with Gasteiger partial charge in [0, 0.05) is 26.6 Å². The van der Waals surface area contributed by atoms with E-state index in [1.165, 1.54) is 4.90 Å². The highest BCUT2D eigenvalue weighted by atomic mass is 16.5. The van der Waals surface area contributed by atoms with Crippen LogP contribution in [-0.4, -0.2) is 55.2 Å². The van der Waals surface area contributed by atoms with Gasteiger partial charge in [0.1, 0.15) is 17.9 Å². The van der Waals surface area contributed by atoms with Crippen molar-refractivity contribution in [2.75, 3.05) is 26.9 Å². The largest absolute Gasteiger partial charge is 0.491 e. The van der Waals surface area contributed by atoms with E-state index in [1.54, 1.807) is 7.11 Å². The maximum Gasteiger partial charge on any atom is 0.325 e. The minimum atomic E-state index is -0.682. The molecule has 1 aliphatic carbocycles. The first-order valence-corrected chi connectivity index (χ1v) is 10.2. The molecule has 8 nitrogen and oxygen atoms in total. The smallest absolute Gasteiger partial charge is 0.325 e. The Morgan fingerprint density at radius 3 is 2.59 bits per heavy atom. The highest BCUT2D eigenvalue weighted by Gasteiger charge is 2.51. The first-order chi connectivity index (χ1) is 14.0. The second-order valence-corrected chi connectivity index (χ2v) is 7.54. The van der Waals surface area contributed by atoms with E-state index in [0.29, 0.717) is 39.0 Å². The molecular formula is C21H29N3O5. The Balaban J connectivity index is 1.36. The molecule has 4 amide bonds. The van der Waals surface area contributed by atoms with E-state index in [0.717, 1.165) is 24.2 Å². The van der Waals surface area contributed by atoms with Crippen LogP contribution >= 0.6 is 0 Å². The highest BCUT2D eigenvalue weighted by molar-refractivity contribution is 6.07. The average molecular weight is 403 g/mol. The Morgan fingerprint density at radius 1 is 1.17 bits per heavy atom. The van der Waals surface area contributed by atoms with Gasteiger partial charge in [-0.05, 0) is 37.0 Å². The van der Waals surface area contributed by atoms with Crippen molar-refractivity contribution in [3.8, 4) is 5.75 Å². The SMILES string of the molecule is COCCOc1ccc(CNC(=O)CCCN2C(=O)NC3(CCCC3)C2=O)cc1. The molecule has 2 aliphatic rings. The van der Waals surface area contributed by atoms with E-state index >= 15 is 0 Å². The number of nitrogens with zero attached hydrogens (tertiary/aromatic N) is 1. The van der Waals surface area contributed by atoms with E-state index < -0.39 is 5.54 Å². The second-order valence-electron chi connectivity index (χ2n) is 7.54. The molecule has 29 heavy (non-hydrogen) atoms. The molecule has 1 aliphatic heterocycles. The lowest BCUT2D eigenvalue weighted by molar-refractivity contribution is -0.131. The Hall–Kier alpha value is -2.61. The predicted octanol–water partition coefficient (Wildman–Crippen LogP) is 1.97. The van der Waals surface area contributed by atoms with Gasteiger partial charge in [-0.1, -0.05) is 25.0 Å². The van der Waals surface area contributed by atoms with Gasteiger partial charge >= 0.3 is 6.03 Å². The minimum Gasteiger partial charge on any atom is -0.491 e. The molecule has 1 aromatic carbocycles. The maximum atomic E-state index is 12.6. The molecule has 1 spiro atoms. The van der Waals surface area contributed by atoms with E-state index in [4.69, 9.17) is 9.47 Å².